The van der Waals surface area contributed by atoms with E-state index in [2.05, 4.69) is 13.0 Å². The maximum atomic E-state index is 12.0. The Labute approximate surface area is 99.6 Å². The van der Waals surface area contributed by atoms with E-state index in [0.717, 1.165) is 11.3 Å². The Hall–Kier alpha value is -0.710. The molecule has 1 saturated heterocycles. The van der Waals surface area contributed by atoms with Crippen LogP contribution in [0.25, 0.3) is 0 Å². The Morgan fingerprint density at radius 1 is 1.50 bits per heavy atom. The molecular weight excluding hydrogens is 222 g/mol. The normalized spacial score (nSPS) is 24.9. The van der Waals surface area contributed by atoms with Gasteiger partial charge in [0.15, 0.2) is 0 Å². The monoisotopic (exact) mass is 239 g/mol. The topological polar surface area (TPSA) is 52.3 Å². The van der Waals surface area contributed by atoms with Gasteiger partial charge in [-0.1, -0.05) is 6.92 Å². The van der Waals surface area contributed by atoms with Gasteiger partial charge in [0.05, 0.1) is 19.1 Å². The number of nitrogens with two attached hydrogens (primary N) is 1. The predicted molar refractivity (Wildman–Crippen MR) is 64.7 cm³/mol. The van der Waals surface area contributed by atoms with Crippen LogP contribution in [-0.2, 0) is 22.4 Å². The summed E-state index contributed by atoms with van der Waals surface area (Å²) in [5, 5.41) is 0. The van der Waals surface area contributed by atoms with E-state index in [0.29, 0.717) is 19.6 Å². The van der Waals surface area contributed by atoms with Crippen LogP contribution < -0.4 is 5.73 Å². The first-order valence-electron chi connectivity index (χ1n) is 5.64. The first-order valence-corrected chi connectivity index (χ1v) is 6.46. The van der Waals surface area contributed by atoms with Crippen molar-refractivity contribution in [1.82, 2.24) is 0 Å². The molecule has 0 aliphatic carbocycles. The van der Waals surface area contributed by atoms with Crippen molar-refractivity contribution < 1.29 is 9.53 Å². The Bertz CT molecular complexity index is 375. The number of rotatable bonds is 4. The molecular formula is C12H17NO2S. The summed E-state index contributed by atoms with van der Waals surface area (Å²) in [6, 6.07) is 4.03. The van der Waals surface area contributed by atoms with Gasteiger partial charge in [0.2, 0.25) is 0 Å². The highest BCUT2D eigenvalue weighted by Crippen LogP contribution is 2.21. The fourth-order valence-corrected chi connectivity index (χ4v) is 2.88. The molecule has 0 saturated carbocycles. The number of aryl methyl sites for hydroxylation is 1. The van der Waals surface area contributed by atoms with Gasteiger partial charge in [-0.3, -0.25) is 4.79 Å². The van der Waals surface area contributed by atoms with Crippen molar-refractivity contribution in [2.24, 2.45) is 11.7 Å². The number of hydrogen-bond acceptors (Lipinski definition) is 4. The second kappa shape index (κ2) is 5.08. The molecule has 0 bridgehead atoms. The van der Waals surface area contributed by atoms with Gasteiger partial charge in [-0.15, -0.1) is 11.3 Å². The van der Waals surface area contributed by atoms with Crippen LogP contribution in [0, 0.1) is 5.92 Å². The third kappa shape index (κ3) is 2.51. The first kappa shape index (κ1) is 11.8. The molecule has 1 aliphatic heterocycles. The van der Waals surface area contributed by atoms with Crippen LogP contribution in [0.1, 0.15) is 16.7 Å². The number of carbonyl (C=O) groups is 1. The molecule has 1 fully saturated rings. The average molecular weight is 239 g/mol. The highest BCUT2D eigenvalue weighted by atomic mass is 32.1. The Morgan fingerprint density at radius 2 is 2.25 bits per heavy atom. The SMILES string of the molecule is CCc1ccc(CC(=O)C2COCC2N)s1. The van der Waals surface area contributed by atoms with Crippen molar-refractivity contribution in [3.63, 3.8) is 0 Å². The number of carbonyl (C=O) groups excluding carboxylic acids is 1. The van der Waals surface area contributed by atoms with Crippen molar-refractivity contribution in [2.75, 3.05) is 13.2 Å². The predicted octanol–water partition coefficient (Wildman–Crippen LogP) is 1.40. The van der Waals surface area contributed by atoms with Crippen LogP contribution >= 0.6 is 11.3 Å². The lowest BCUT2D eigenvalue weighted by atomic mass is 9.97. The molecule has 16 heavy (non-hydrogen) atoms. The fraction of sp³-hybridized carbons (Fsp3) is 0.583. The van der Waals surface area contributed by atoms with E-state index in [1.54, 1.807) is 11.3 Å². The number of ether oxygens (including phenoxy) is 1. The molecule has 0 spiro atoms. The summed E-state index contributed by atoms with van der Waals surface area (Å²) in [6.45, 7) is 3.13. The minimum atomic E-state index is -0.113. The number of Topliss-reactive ketones (excluding diaryl/α,β-unsaturated/α-hetero) is 1. The number of ketones is 1. The Kier molecular flexibility index (Phi) is 3.74. The van der Waals surface area contributed by atoms with Gasteiger partial charge in [0, 0.05) is 22.2 Å². The molecule has 1 aromatic heterocycles. The Morgan fingerprint density at radius 3 is 2.81 bits per heavy atom. The summed E-state index contributed by atoms with van der Waals surface area (Å²) >= 11 is 1.72. The molecule has 3 nitrogen and oxygen atoms in total. The van der Waals surface area contributed by atoms with Crippen molar-refractivity contribution in [3.8, 4) is 0 Å². The van der Waals surface area contributed by atoms with Crippen LogP contribution in [0.2, 0.25) is 0 Å². The standard InChI is InChI=1S/C12H17NO2S/c1-2-8-3-4-9(16-8)5-12(14)10-6-15-7-11(10)13/h3-4,10-11H,2,5-7,13H2,1H3. The minimum Gasteiger partial charge on any atom is -0.379 e. The maximum Gasteiger partial charge on any atom is 0.145 e. The molecule has 2 rings (SSSR count). The summed E-state index contributed by atoms with van der Waals surface area (Å²) in [5.41, 5.74) is 5.82. The number of thiophene rings is 1. The molecule has 0 aromatic carbocycles. The summed E-state index contributed by atoms with van der Waals surface area (Å²) in [4.78, 5) is 14.4. The molecule has 2 unspecified atom stereocenters. The highest BCUT2D eigenvalue weighted by molar-refractivity contribution is 7.12. The molecule has 88 valence electrons. The van der Waals surface area contributed by atoms with Gasteiger partial charge >= 0.3 is 0 Å². The van der Waals surface area contributed by atoms with E-state index in [9.17, 15) is 4.79 Å². The van der Waals surface area contributed by atoms with E-state index in [-0.39, 0.29) is 17.7 Å². The molecule has 1 aliphatic rings. The lowest BCUT2D eigenvalue weighted by Crippen LogP contribution is -2.34. The van der Waals surface area contributed by atoms with Crippen molar-refractivity contribution in [1.29, 1.82) is 0 Å². The second-order valence-corrected chi connectivity index (χ2v) is 5.43. The third-order valence-electron chi connectivity index (χ3n) is 2.95. The zero-order valence-corrected chi connectivity index (χ0v) is 10.3. The van der Waals surface area contributed by atoms with Crippen LogP contribution in [0.15, 0.2) is 12.1 Å². The van der Waals surface area contributed by atoms with Crippen LogP contribution in [-0.4, -0.2) is 25.0 Å². The highest BCUT2D eigenvalue weighted by Gasteiger charge is 2.31. The molecule has 2 N–H and O–H groups in total. The van der Waals surface area contributed by atoms with Crippen molar-refractivity contribution >= 4 is 17.1 Å². The summed E-state index contributed by atoms with van der Waals surface area (Å²) < 4.78 is 5.21. The molecule has 1 aromatic rings. The molecule has 4 heteroatoms. The average Bonchev–Trinajstić information content (AvgIpc) is 2.86. The van der Waals surface area contributed by atoms with E-state index < -0.39 is 0 Å². The van der Waals surface area contributed by atoms with Gasteiger partial charge in [0.25, 0.3) is 0 Å². The van der Waals surface area contributed by atoms with Gasteiger partial charge < -0.3 is 10.5 Å². The lowest BCUT2D eigenvalue weighted by Gasteiger charge is -2.10. The number of hydrogen-bond donors (Lipinski definition) is 1. The van der Waals surface area contributed by atoms with Crippen LogP contribution in [0.3, 0.4) is 0 Å². The van der Waals surface area contributed by atoms with Gasteiger partial charge in [-0.25, -0.2) is 0 Å². The zero-order valence-electron chi connectivity index (χ0n) is 9.44. The first-order chi connectivity index (χ1) is 7.70. The smallest absolute Gasteiger partial charge is 0.145 e. The van der Waals surface area contributed by atoms with E-state index in [1.165, 1.54) is 4.88 Å². The summed E-state index contributed by atoms with van der Waals surface area (Å²) in [7, 11) is 0. The molecule has 2 atom stereocenters. The minimum absolute atomic E-state index is 0.104. The van der Waals surface area contributed by atoms with Gasteiger partial charge in [-0.2, -0.15) is 0 Å². The van der Waals surface area contributed by atoms with E-state index in [1.807, 2.05) is 6.07 Å². The van der Waals surface area contributed by atoms with Crippen molar-refractivity contribution in [2.45, 2.75) is 25.8 Å². The van der Waals surface area contributed by atoms with Crippen molar-refractivity contribution in [3.05, 3.63) is 21.9 Å². The van der Waals surface area contributed by atoms with Crippen LogP contribution in [0.4, 0.5) is 0 Å². The third-order valence-corrected chi connectivity index (χ3v) is 4.18. The van der Waals surface area contributed by atoms with Gasteiger partial charge in [-0.05, 0) is 18.6 Å². The van der Waals surface area contributed by atoms with Gasteiger partial charge in [0.1, 0.15) is 5.78 Å². The van der Waals surface area contributed by atoms with E-state index >= 15 is 0 Å². The zero-order chi connectivity index (χ0) is 11.5. The maximum absolute atomic E-state index is 12.0. The Balaban J connectivity index is 1.96. The lowest BCUT2D eigenvalue weighted by molar-refractivity contribution is -0.122. The summed E-state index contributed by atoms with van der Waals surface area (Å²) in [5.74, 6) is 0.113. The molecule has 0 amide bonds. The largest absolute Gasteiger partial charge is 0.379 e. The fourth-order valence-electron chi connectivity index (χ4n) is 1.91. The molecule has 2 heterocycles. The quantitative estimate of drug-likeness (QED) is 0.864. The van der Waals surface area contributed by atoms with E-state index in [4.69, 9.17) is 10.5 Å². The van der Waals surface area contributed by atoms with Crippen LogP contribution in [0.5, 0.6) is 0 Å². The summed E-state index contributed by atoms with van der Waals surface area (Å²) in [6.07, 6.45) is 1.54. The molecule has 0 radical (unpaired) electrons. The second-order valence-electron chi connectivity index (χ2n) is 4.17.